The van der Waals surface area contributed by atoms with Gasteiger partial charge in [0, 0.05) is 49.2 Å². The molecule has 0 unspecified atom stereocenters. The van der Waals surface area contributed by atoms with Crippen molar-refractivity contribution in [2.75, 3.05) is 20.1 Å². The van der Waals surface area contributed by atoms with Crippen molar-refractivity contribution in [2.45, 2.75) is 12.1 Å². The van der Waals surface area contributed by atoms with Crippen molar-refractivity contribution in [3.8, 4) is 11.1 Å². The molecule has 1 aliphatic rings. The largest absolute Gasteiger partial charge is 0.299 e. The van der Waals surface area contributed by atoms with Crippen molar-refractivity contribution in [1.82, 2.24) is 19.7 Å². The lowest BCUT2D eigenvalue weighted by molar-refractivity contribution is -0.140. The lowest BCUT2D eigenvalue weighted by atomic mass is 9.89. The summed E-state index contributed by atoms with van der Waals surface area (Å²) in [6.07, 6.45) is 5.53. The molecule has 0 spiro atoms. The van der Waals surface area contributed by atoms with E-state index >= 15 is 0 Å². The van der Waals surface area contributed by atoms with Gasteiger partial charge in [-0.05, 0) is 30.1 Å². The molecule has 0 saturated carbocycles. The zero-order valence-corrected chi connectivity index (χ0v) is 14.2. The summed E-state index contributed by atoms with van der Waals surface area (Å²) in [6, 6.07) is 7.93. The van der Waals surface area contributed by atoms with Crippen LogP contribution in [0.2, 0.25) is 0 Å². The van der Waals surface area contributed by atoms with Gasteiger partial charge in [0.25, 0.3) is 0 Å². The zero-order valence-electron chi connectivity index (χ0n) is 14.2. The number of Topliss-reactive ketones (excluding diaryl/α,β-unsaturated/α-hetero) is 1. The number of alkyl halides is 1. The molecular weight excluding hydrogens is 319 g/mol. The number of fused-ring (bicyclic) bond motifs is 1. The van der Waals surface area contributed by atoms with Crippen molar-refractivity contribution in [3.05, 3.63) is 48.5 Å². The molecule has 5 nitrogen and oxygen atoms in total. The van der Waals surface area contributed by atoms with Gasteiger partial charge in [0.05, 0.1) is 12.6 Å². The maximum atomic E-state index is 14.4. The molecule has 3 heterocycles. The summed E-state index contributed by atoms with van der Waals surface area (Å²) in [6.45, 7) is 0.342. The number of aryl methyl sites for hydroxylation is 1. The normalized spacial score (nSPS) is 16.8. The van der Waals surface area contributed by atoms with Crippen LogP contribution in [0.5, 0.6) is 0 Å². The fraction of sp³-hybridized carbons (Fsp3) is 0.316. The van der Waals surface area contributed by atoms with Gasteiger partial charge in [0.15, 0.2) is 11.5 Å². The van der Waals surface area contributed by atoms with E-state index in [0.29, 0.717) is 5.69 Å². The summed E-state index contributed by atoms with van der Waals surface area (Å²) in [5.41, 5.74) is 0.960. The van der Waals surface area contributed by atoms with Gasteiger partial charge >= 0.3 is 0 Å². The van der Waals surface area contributed by atoms with Gasteiger partial charge in [0.2, 0.25) is 0 Å². The molecule has 0 bridgehead atoms. The molecule has 0 amide bonds. The van der Waals surface area contributed by atoms with Gasteiger partial charge in [-0.25, -0.2) is 4.39 Å². The van der Waals surface area contributed by atoms with Crippen LogP contribution in [0.1, 0.15) is 5.69 Å². The minimum Gasteiger partial charge on any atom is -0.299 e. The van der Waals surface area contributed by atoms with E-state index in [2.05, 4.69) is 10.1 Å². The molecule has 1 aromatic carbocycles. The quantitative estimate of drug-likeness (QED) is 0.733. The van der Waals surface area contributed by atoms with Gasteiger partial charge < -0.3 is 0 Å². The van der Waals surface area contributed by atoms with E-state index in [4.69, 9.17) is 0 Å². The van der Waals surface area contributed by atoms with Gasteiger partial charge in [-0.15, -0.1) is 0 Å². The minimum absolute atomic E-state index is 0.0252. The van der Waals surface area contributed by atoms with E-state index in [1.165, 1.54) is 0 Å². The summed E-state index contributed by atoms with van der Waals surface area (Å²) in [7, 11) is 3.68. The molecule has 4 rings (SSSR count). The number of aromatic nitrogens is 3. The highest BCUT2D eigenvalue weighted by Crippen LogP contribution is 2.27. The molecule has 6 heteroatoms. The Hall–Kier alpha value is -2.60. The first kappa shape index (κ1) is 15.9. The smallest absolute Gasteiger partial charge is 0.194 e. The molecule has 1 fully saturated rings. The third kappa shape index (κ3) is 2.93. The number of benzene rings is 1. The summed E-state index contributed by atoms with van der Waals surface area (Å²) in [4.78, 5) is 18.4. The standard InChI is InChI=1S/C19H19FN4O/c1-23-11-19(20,12-23)18(25)7-17-6-15-5-13(3-4-14(15)8-21-17)16-9-22-24(2)10-16/h3-6,8-10H,7,11-12H2,1-2H3. The van der Waals surface area contributed by atoms with Crippen molar-refractivity contribution >= 4 is 16.6 Å². The van der Waals surface area contributed by atoms with E-state index < -0.39 is 5.67 Å². The average molecular weight is 338 g/mol. The van der Waals surface area contributed by atoms with Crippen LogP contribution < -0.4 is 0 Å². The number of hydrogen-bond acceptors (Lipinski definition) is 4. The maximum Gasteiger partial charge on any atom is 0.194 e. The number of pyridine rings is 1. The van der Waals surface area contributed by atoms with Gasteiger partial charge in [-0.1, -0.05) is 12.1 Å². The number of likely N-dealkylation sites (tertiary alicyclic amines) is 1. The van der Waals surface area contributed by atoms with Crippen LogP contribution in [0, 0.1) is 0 Å². The zero-order chi connectivity index (χ0) is 17.6. The molecule has 1 saturated heterocycles. The van der Waals surface area contributed by atoms with Crippen molar-refractivity contribution in [1.29, 1.82) is 0 Å². The molecule has 1 aliphatic heterocycles. The predicted molar refractivity (Wildman–Crippen MR) is 94.0 cm³/mol. The maximum absolute atomic E-state index is 14.4. The lowest BCUT2D eigenvalue weighted by Gasteiger charge is -2.40. The Labute approximate surface area is 145 Å². The van der Waals surface area contributed by atoms with Crippen LogP contribution in [0.4, 0.5) is 4.39 Å². The molecule has 128 valence electrons. The Morgan fingerprint density at radius 3 is 2.64 bits per heavy atom. The third-order valence-electron chi connectivity index (χ3n) is 4.70. The number of carbonyl (C=O) groups excluding carboxylic acids is 1. The molecule has 3 aromatic rings. The number of ketones is 1. The number of hydrogen-bond donors (Lipinski definition) is 0. The number of halogens is 1. The third-order valence-corrected chi connectivity index (χ3v) is 4.70. The fourth-order valence-electron chi connectivity index (χ4n) is 3.34. The highest BCUT2D eigenvalue weighted by atomic mass is 19.1. The minimum atomic E-state index is -1.72. The Kier molecular flexibility index (Phi) is 3.65. The summed E-state index contributed by atoms with van der Waals surface area (Å²) in [5.74, 6) is -0.388. The van der Waals surface area contributed by atoms with Crippen LogP contribution >= 0.6 is 0 Å². The molecular formula is C19H19FN4O. The Morgan fingerprint density at radius 1 is 1.16 bits per heavy atom. The SMILES string of the molecule is CN1CC(F)(C(=O)Cc2cc3cc(-c4cnn(C)c4)ccc3cn2)C1. The van der Waals surface area contributed by atoms with Crippen LogP contribution in [-0.2, 0) is 18.3 Å². The summed E-state index contributed by atoms with van der Waals surface area (Å²) < 4.78 is 16.2. The first-order chi connectivity index (χ1) is 11.9. The van der Waals surface area contributed by atoms with Crippen molar-refractivity contribution in [2.24, 2.45) is 7.05 Å². The number of carbonyl (C=O) groups is 1. The lowest BCUT2D eigenvalue weighted by Crippen LogP contribution is -2.62. The Balaban J connectivity index is 1.61. The topological polar surface area (TPSA) is 51.0 Å². The monoisotopic (exact) mass is 338 g/mol. The van der Waals surface area contributed by atoms with E-state index in [0.717, 1.165) is 21.9 Å². The summed E-state index contributed by atoms with van der Waals surface area (Å²) >= 11 is 0. The first-order valence-electron chi connectivity index (χ1n) is 8.21. The molecule has 0 radical (unpaired) electrons. The number of nitrogens with zero attached hydrogens (tertiary/aromatic N) is 4. The van der Waals surface area contributed by atoms with Gasteiger partial charge in [0.1, 0.15) is 0 Å². The van der Waals surface area contributed by atoms with Crippen molar-refractivity contribution in [3.63, 3.8) is 0 Å². The van der Waals surface area contributed by atoms with Crippen molar-refractivity contribution < 1.29 is 9.18 Å². The molecule has 0 atom stereocenters. The van der Waals surface area contributed by atoms with Gasteiger partial charge in [-0.3, -0.25) is 19.4 Å². The van der Waals surface area contributed by atoms with Crippen LogP contribution in [0.15, 0.2) is 42.9 Å². The second kappa shape index (κ2) is 5.74. The Morgan fingerprint density at radius 2 is 1.96 bits per heavy atom. The van der Waals surface area contributed by atoms with E-state index in [9.17, 15) is 9.18 Å². The second-order valence-electron chi connectivity index (χ2n) is 6.88. The first-order valence-corrected chi connectivity index (χ1v) is 8.21. The molecule has 0 aliphatic carbocycles. The van der Waals surface area contributed by atoms with Crippen LogP contribution in [0.3, 0.4) is 0 Å². The second-order valence-corrected chi connectivity index (χ2v) is 6.88. The summed E-state index contributed by atoms with van der Waals surface area (Å²) in [5, 5.41) is 6.17. The number of rotatable bonds is 4. The van der Waals surface area contributed by atoms with Gasteiger partial charge in [-0.2, -0.15) is 5.10 Å². The van der Waals surface area contributed by atoms with Crippen LogP contribution in [-0.4, -0.2) is 51.3 Å². The fourth-order valence-corrected chi connectivity index (χ4v) is 3.34. The van der Waals surface area contributed by atoms with E-state index in [1.54, 1.807) is 22.8 Å². The van der Waals surface area contributed by atoms with E-state index in [1.807, 2.05) is 43.7 Å². The average Bonchev–Trinajstić information content (AvgIpc) is 2.99. The molecule has 25 heavy (non-hydrogen) atoms. The Bertz CT molecular complexity index is 959. The predicted octanol–water partition coefficient (Wildman–Crippen LogP) is 2.40. The molecule has 2 aromatic heterocycles. The van der Waals surface area contributed by atoms with Crippen LogP contribution in [0.25, 0.3) is 21.9 Å². The van der Waals surface area contributed by atoms with E-state index in [-0.39, 0.29) is 25.3 Å². The highest BCUT2D eigenvalue weighted by Gasteiger charge is 2.47. The highest BCUT2D eigenvalue weighted by molar-refractivity contribution is 5.92. The molecule has 0 N–H and O–H groups in total.